The third-order valence-corrected chi connectivity index (χ3v) is 3.10. The average molecular weight is 340 g/mol. The third-order valence-electron chi connectivity index (χ3n) is 3.10. The highest BCUT2D eigenvalue weighted by Crippen LogP contribution is 2.20. The van der Waals surface area contributed by atoms with Gasteiger partial charge < -0.3 is 16.2 Å². The molecule has 4 N–H and O–H groups in total. The van der Waals surface area contributed by atoms with Crippen LogP contribution >= 0.6 is 0 Å². The smallest absolute Gasteiger partial charge is 0.325 e. The van der Waals surface area contributed by atoms with E-state index in [1.54, 1.807) is 0 Å². The monoisotopic (exact) mass is 340 g/mol. The summed E-state index contributed by atoms with van der Waals surface area (Å²) in [4.78, 5) is 10.4. The molecule has 0 aliphatic rings. The van der Waals surface area contributed by atoms with Crippen LogP contribution in [0.15, 0.2) is 42.5 Å². The summed E-state index contributed by atoms with van der Waals surface area (Å²) in [5.41, 5.74) is 6.42. The molecule has 24 heavy (non-hydrogen) atoms. The molecule has 0 aliphatic heterocycles. The summed E-state index contributed by atoms with van der Waals surface area (Å²) in [5.74, 6) is -5.60. The number of rotatable bonds is 4. The lowest BCUT2D eigenvalue weighted by Crippen LogP contribution is -2.26. The lowest BCUT2D eigenvalue weighted by atomic mass is 10.1. The second-order valence-corrected chi connectivity index (χ2v) is 5.13. The van der Waals surface area contributed by atoms with Crippen LogP contribution in [0, 0.1) is 17.5 Å². The van der Waals surface area contributed by atoms with Crippen molar-refractivity contribution in [1.29, 1.82) is 0 Å². The van der Waals surface area contributed by atoms with E-state index in [0.717, 1.165) is 12.1 Å². The number of aliphatic carboxylic acids is 1. The molecule has 130 valence electrons. The van der Waals surface area contributed by atoms with Crippen molar-refractivity contribution in [3.8, 4) is 0 Å². The molecule has 2 aromatic carbocycles. The molecule has 0 radical (unpaired) electrons. The molecule has 0 bridgehead atoms. The second-order valence-electron chi connectivity index (χ2n) is 5.13. The number of nitrogens with one attached hydrogen (secondary N) is 1. The SMILES string of the molecule is CC(Nc1ccc(F)c(F)c1F)C(=O)O.C[C@@H](N)c1ccccc1. The number of carboxylic acid groups (broad SMARTS) is 1. The van der Waals surface area contributed by atoms with Gasteiger partial charge in [-0.25, -0.2) is 13.2 Å². The number of hydrogen-bond donors (Lipinski definition) is 3. The molecule has 1 unspecified atom stereocenters. The molecular weight excluding hydrogens is 321 g/mol. The molecule has 2 rings (SSSR count). The molecule has 0 aromatic heterocycles. The largest absolute Gasteiger partial charge is 0.480 e. The van der Waals surface area contributed by atoms with E-state index in [1.807, 2.05) is 37.3 Å². The highest BCUT2D eigenvalue weighted by molar-refractivity contribution is 5.76. The van der Waals surface area contributed by atoms with Crippen molar-refractivity contribution in [2.75, 3.05) is 5.32 Å². The van der Waals surface area contributed by atoms with Crippen LogP contribution in [-0.4, -0.2) is 17.1 Å². The maximum atomic E-state index is 13.0. The van der Waals surface area contributed by atoms with Crippen molar-refractivity contribution in [2.24, 2.45) is 5.73 Å². The molecule has 0 saturated carbocycles. The van der Waals surface area contributed by atoms with E-state index in [2.05, 4.69) is 5.32 Å². The van der Waals surface area contributed by atoms with Gasteiger partial charge in [-0.2, -0.15) is 0 Å². The molecule has 0 saturated heterocycles. The molecule has 0 heterocycles. The maximum absolute atomic E-state index is 13.0. The highest BCUT2D eigenvalue weighted by atomic mass is 19.2. The van der Waals surface area contributed by atoms with Crippen molar-refractivity contribution in [1.82, 2.24) is 0 Å². The van der Waals surface area contributed by atoms with Crippen molar-refractivity contribution in [3.05, 3.63) is 65.5 Å². The lowest BCUT2D eigenvalue weighted by molar-refractivity contribution is -0.137. The van der Waals surface area contributed by atoms with Crippen molar-refractivity contribution in [2.45, 2.75) is 25.9 Å². The van der Waals surface area contributed by atoms with Crippen molar-refractivity contribution < 1.29 is 23.1 Å². The molecule has 7 heteroatoms. The normalized spacial score (nSPS) is 12.6. The standard InChI is InChI=1S/C9H8F3NO2.C8H11N/c1-4(9(14)15)13-6-3-2-5(10)7(11)8(6)12;1-7(9)8-5-3-2-4-6-8/h2-4,13H,1H3,(H,14,15);2-7H,9H2,1H3/t;7-/m.1/s1. The number of anilines is 1. The fourth-order valence-corrected chi connectivity index (χ4v) is 1.69. The van der Waals surface area contributed by atoms with Crippen LogP contribution in [0.5, 0.6) is 0 Å². The van der Waals surface area contributed by atoms with Crippen LogP contribution in [0.25, 0.3) is 0 Å². The molecule has 0 amide bonds. The first kappa shape index (κ1) is 19.5. The molecule has 0 spiro atoms. The molecule has 4 nitrogen and oxygen atoms in total. The van der Waals surface area contributed by atoms with E-state index in [1.165, 1.54) is 12.5 Å². The third kappa shape index (κ3) is 5.58. The minimum Gasteiger partial charge on any atom is -0.480 e. The minimum atomic E-state index is -1.63. The van der Waals surface area contributed by atoms with E-state index in [9.17, 15) is 18.0 Å². The van der Waals surface area contributed by atoms with Crippen LogP contribution in [0.2, 0.25) is 0 Å². The Morgan fingerprint density at radius 3 is 2.08 bits per heavy atom. The first-order valence-corrected chi connectivity index (χ1v) is 7.17. The fourth-order valence-electron chi connectivity index (χ4n) is 1.69. The highest BCUT2D eigenvalue weighted by Gasteiger charge is 2.17. The molecule has 0 aliphatic carbocycles. The zero-order chi connectivity index (χ0) is 18.3. The predicted molar refractivity (Wildman–Crippen MR) is 86.1 cm³/mol. The Kier molecular flexibility index (Phi) is 7.26. The van der Waals surface area contributed by atoms with Crippen molar-refractivity contribution in [3.63, 3.8) is 0 Å². The van der Waals surface area contributed by atoms with Crippen molar-refractivity contribution >= 4 is 11.7 Å². The van der Waals surface area contributed by atoms with E-state index in [4.69, 9.17) is 10.8 Å². The molecule has 2 aromatic rings. The number of halogens is 3. The quantitative estimate of drug-likeness (QED) is 0.742. The van der Waals surface area contributed by atoms with Crippen LogP contribution in [-0.2, 0) is 4.79 Å². The van der Waals surface area contributed by atoms with Gasteiger partial charge in [-0.1, -0.05) is 30.3 Å². The van der Waals surface area contributed by atoms with E-state index in [0.29, 0.717) is 0 Å². The van der Waals surface area contributed by atoms with Gasteiger partial charge in [0.1, 0.15) is 6.04 Å². The Morgan fingerprint density at radius 2 is 1.62 bits per heavy atom. The Bertz CT molecular complexity index is 679. The Labute approximate surface area is 138 Å². The predicted octanol–water partition coefficient (Wildman–Crippen LogP) is 3.70. The maximum Gasteiger partial charge on any atom is 0.325 e. The van der Waals surface area contributed by atoms with Gasteiger partial charge in [0.15, 0.2) is 17.5 Å². The molecule has 0 fully saturated rings. The van der Waals surface area contributed by atoms with Crippen LogP contribution in [0.1, 0.15) is 25.5 Å². The zero-order valence-corrected chi connectivity index (χ0v) is 13.3. The second kappa shape index (κ2) is 8.93. The van der Waals surface area contributed by atoms with Gasteiger partial charge >= 0.3 is 5.97 Å². The van der Waals surface area contributed by atoms with Gasteiger partial charge in [-0.05, 0) is 31.5 Å². The van der Waals surface area contributed by atoms with E-state index in [-0.39, 0.29) is 11.7 Å². The zero-order valence-electron chi connectivity index (χ0n) is 13.3. The number of benzene rings is 2. The lowest BCUT2D eigenvalue weighted by Gasteiger charge is -2.11. The van der Waals surface area contributed by atoms with Gasteiger partial charge in [0.25, 0.3) is 0 Å². The van der Waals surface area contributed by atoms with Gasteiger partial charge in [-0.15, -0.1) is 0 Å². The number of carboxylic acids is 1. The topological polar surface area (TPSA) is 75.3 Å². The number of carbonyl (C=O) groups is 1. The van der Waals surface area contributed by atoms with Gasteiger partial charge in [0.2, 0.25) is 0 Å². The van der Waals surface area contributed by atoms with E-state index < -0.39 is 29.5 Å². The van der Waals surface area contributed by atoms with Gasteiger partial charge in [-0.3, -0.25) is 4.79 Å². The van der Waals surface area contributed by atoms with Crippen LogP contribution < -0.4 is 11.1 Å². The summed E-state index contributed by atoms with van der Waals surface area (Å²) >= 11 is 0. The first-order chi connectivity index (χ1) is 11.2. The first-order valence-electron chi connectivity index (χ1n) is 7.17. The van der Waals surface area contributed by atoms with Crippen LogP contribution in [0.3, 0.4) is 0 Å². The summed E-state index contributed by atoms with van der Waals surface area (Å²) in [5, 5.41) is 10.7. The Balaban J connectivity index is 0.000000272. The Morgan fingerprint density at radius 1 is 1.04 bits per heavy atom. The van der Waals surface area contributed by atoms with Crippen LogP contribution in [0.4, 0.5) is 18.9 Å². The van der Waals surface area contributed by atoms with Gasteiger partial charge in [0.05, 0.1) is 5.69 Å². The number of hydrogen-bond acceptors (Lipinski definition) is 3. The summed E-state index contributed by atoms with van der Waals surface area (Å²) in [6, 6.07) is 10.8. The summed E-state index contributed by atoms with van der Waals surface area (Å²) in [6.07, 6.45) is 0. The number of nitrogens with two attached hydrogens (primary N) is 1. The fraction of sp³-hybridized carbons (Fsp3) is 0.235. The Hall–Kier alpha value is -2.54. The summed E-state index contributed by atoms with van der Waals surface area (Å²) < 4.78 is 38.2. The summed E-state index contributed by atoms with van der Waals surface area (Å²) in [7, 11) is 0. The minimum absolute atomic E-state index is 0.159. The molecule has 2 atom stereocenters. The van der Waals surface area contributed by atoms with E-state index >= 15 is 0 Å². The molecular formula is C17H19F3N2O2. The average Bonchev–Trinajstić information content (AvgIpc) is 2.56. The van der Waals surface area contributed by atoms with Gasteiger partial charge in [0, 0.05) is 6.04 Å². The summed E-state index contributed by atoms with van der Waals surface area (Å²) in [6.45, 7) is 3.23.